The van der Waals surface area contributed by atoms with Crippen LogP contribution in [0.1, 0.15) is 43.2 Å². The van der Waals surface area contributed by atoms with E-state index in [1.807, 2.05) is 54.3 Å². The van der Waals surface area contributed by atoms with Crippen LogP contribution in [-0.2, 0) is 9.47 Å². The average molecular weight is 608 g/mol. The van der Waals surface area contributed by atoms with Crippen molar-refractivity contribution in [2.45, 2.75) is 57.2 Å². The van der Waals surface area contributed by atoms with Crippen molar-refractivity contribution in [2.75, 3.05) is 51.3 Å². The number of aliphatic hydroxyl groups excluding tert-OH is 1. The van der Waals surface area contributed by atoms with Crippen molar-refractivity contribution in [3.63, 3.8) is 0 Å². The SMILES string of the molecule is Cc1ccc(OC(=O)N2CCC3c4cc(Cl)ccc4NC3[C@@H]2C2(C)C=CC(OCCC(O)CN3CCOCC3)=CC2)cc1. The topological polar surface area (TPSA) is 83.5 Å². The Morgan fingerprint density at radius 1 is 1.19 bits per heavy atom. The normalized spacial score (nSPS) is 27.5. The van der Waals surface area contributed by atoms with Gasteiger partial charge in [0.15, 0.2) is 0 Å². The second-order valence-corrected chi connectivity index (χ2v) is 12.9. The van der Waals surface area contributed by atoms with Crippen LogP contribution in [0.5, 0.6) is 5.75 Å². The van der Waals surface area contributed by atoms with Gasteiger partial charge in [0.05, 0.1) is 38.0 Å². The number of morpholine rings is 1. The maximum atomic E-state index is 13.7. The van der Waals surface area contributed by atoms with E-state index in [1.54, 1.807) is 0 Å². The van der Waals surface area contributed by atoms with Gasteiger partial charge in [0.25, 0.3) is 0 Å². The number of aliphatic hydroxyl groups is 1. The quantitative estimate of drug-likeness (QED) is 0.395. The van der Waals surface area contributed by atoms with E-state index < -0.39 is 6.10 Å². The third-order valence-corrected chi connectivity index (χ3v) is 9.56. The molecule has 0 saturated carbocycles. The number of allylic oxidation sites excluding steroid dienone is 2. The zero-order valence-electron chi connectivity index (χ0n) is 25.0. The Balaban J connectivity index is 1.15. The summed E-state index contributed by atoms with van der Waals surface area (Å²) in [4.78, 5) is 17.9. The van der Waals surface area contributed by atoms with Gasteiger partial charge in [0, 0.05) is 54.6 Å². The minimum absolute atomic E-state index is 0.00800. The zero-order valence-corrected chi connectivity index (χ0v) is 25.8. The monoisotopic (exact) mass is 607 g/mol. The molecular weight excluding hydrogens is 566 g/mol. The first kappa shape index (κ1) is 30.0. The average Bonchev–Trinajstić information content (AvgIpc) is 3.37. The second kappa shape index (κ2) is 12.9. The van der Waals surface area contributed by atoms with Gasteiger partial charge in [-0.15, -0.1) is 0 Å². The Hall–Kier alpha value is -3.04. The summed E-state index contributed by atoms with van der Waals surface area (Å²) in [7, 11) is 0. The van der Waals surface area contributed by atoms with Crippen LogP contribution in [0.3, 0.4) is 0 Å². The van der Waals surface area contributed by atoms with Crippen LogP contribution in [0.2, 0.25) is 5.02 Å². The molecule has 2 aromatic carbocycles. The number of carbonyl (C=O) groups excluding carboxylic acids is 1. The van der Waals surface area contributed by atoms with Crippen molar-refractivity contribution in [3.05, 3.63) is 82.6 Å². The predicted molar refractivity (Wildman–Crippen MR) is 168 cm³/mol. The lowest BCUT2D eigenvalue weighted by Crippen LogP contribution is -2.61. The second-order valence-electron chi connectivity index (χ2n) is 12.5. The number of likely N-dealkylation sites (tertiary alicyclic amines) is 1. The van der Waals surface area contributed by atoms with Crippen LogP contribution >= 0.6 is 11.6 Å². The van der Waals surface area contributed by atoms with Crippen molar-refractivity contribution in [2.24, 2.45) is 5.41 Å². The molecule has 9 heteroatoms. The Bertz CT molecular complexity index is 1360. The minimum Gasteiger partial charge on any atom is -0.494 e. The predicted octanol–water partition coefficient (Wildman–Crippen LogP) is 5.75. The van der Waals surface area contributed by atoms with Gasteiger partial charge in [-0.05, 0) is 67.8 Å². The first-order chi connectivity index (χ1) is 20.8. The molecule has 6 rings (SSSR count). The number of rotatable bonds is 8. The summed E-state index contributed by atoms with van der Waals surface area (Å²) in [5, 5.41) is 15.0. The molecule has 3 aliphatic heterocycles. The molecule has 43 heavy (non-hydrogen) atoms. The van der Waals surface area contributed by atoms with Crippen LogP contribution < -0.4 is 10.1 Å². The van der Waals surface area contributed by atoms with Crippen molar-refractivity contribution in [1.29, 1.82) is 0 Å². The number of anilines is 1. The Morgan fingerprint density at radius 3 is 2.72 bits per heavy atom. The van der Waals surface area contributed by atoms with E-state index in [2.05, 4.69) is 35.4 Å². The van der Waals surface area contributed by atoms with Crippen molar-refractivity contribution >= 4 is 23.4 Å². The summed E-state index contributed by atoms with van der Waals surface area (Å²) in [6.07, 6.45) is 7.63. The summed E-state index contributed by atoms with van der Waals surface area (Å²) >= 11 is 6.41. The molecule has 0 spiro atoms. The lowest BCUT2D eigenvalue weighted by atomic mass is 9.68. The smallest absolute Gasteiger partial charge is 0.415 e. The van der Waals surface area contributed by atoms with Crippen LogP contribution in [0, 0.1) is 12.3 Å². The number of piperidine rings is 1. The lowest BCUT2D eigenvalue weighted by molar-refractivity contribution is 0.00896. The van der Waals surface area contributed by atoms with Gasteiger partial charge in [0.1, 0.15) is 11.5 Å². The highest BCUT2D eigenvalue weighted by Gasteiger charge is 2.52. The molecule has 4 aliphatic rings. The summed E-state index contributed by atoms with van der Waals surface area (Å²) in [6.45, 7) is 9.04. The maximum absolute atomic E-state index is 13.7. The molecule has 2 saturated heterocycles. The van der Waals surface area contributed by atoms with Gasteiger partial charge in [-0.1, -0.05) is 42.3 Å². The minimum atomic E-state index is -0.438. The van der Waals surface area contributed by atoms with E-state index in [9.17, 15) is 9.90 Å². The lowest BCUT2D eigenvalue weighted by Gasteiger charge is -2.50. The molecule has 0 bridgehead atoms. The highest BCUT2D eigenvalue weighted by atomic mass is 35.5. The maximum Gasteiger partial charge on any atom is 0.415 e. The van der Waals surface area contributed by atoms with Gasteiger partial charge >= 0.3 is 6.09 Å². The first-order valence-electron chi connectivity index (χ1n) is 15.4. The van der Waals surface area contributed by atoms with Gasteiger partial charge < -0.3 is 29.5 Å². The van der Waals surface area contributed by atoms with Crippen LogP contribution in [0.4, 0.5) is 10.5 Å². The molecule has 230 valence electrons. The Morgan fingerprint density at radius 2 is 1.98 bits per heavy atom. The molecule has 2 N–H and O–H groups in total. The molecule has 4 unspecified atom stereocenters. The molecule has 1 amide bonds. The fourth-order valence-corrected chi connectivity index (χ4v) is 7.15. The van der Waals surface area contributed by atoms with E-state index in [1.165, 1.54) is 5.56 Å². The third-order valence-electron chi connectivity index (χ3n) is 9.33. The highest BCUT2D eigenvalue weighted by Crippen LogP contribution is 2.50. The number of nitrogens with zero attached hydrogens (tertiary/aromatic N) is 2. The number of amides is 1. The molecule has 1 aliphatic carbocycles. The number of hydrogen-bond donors (Lipinski definition) is 2. The van der Waals surface area contributed by atoms with Gasteiger partial charge in [0.2, 0.25) is 0 Å². The Kier molecular flexibility index (Phi) is 9.00. The van der Waals surface area contributed by atoms with Gasteiger partial charge in [-0.3, -0.25) is 4.90 Å². The molecule has 5 atom stereocenters. The molecule has 0 aromatic heterocycles. The largest absolute Gasteiger partial charge is 0.494 e. The number of aryl methyl sites for hydroxylation is 1. The van der Waals surface area contributed by atoms with E-state index in [4.69, 9.17) is 25.8 Å². The van der Waals surface area contributed by atoms with E-state index in [0.717, 1.165) is 54.8 Å². The third kappa shape index (κ3) is 6.73. The van der Waals surface area contributed by atoms with Crippen molar-refractivity contribution < 1.29 is 24.1 Å². The highest BCUT2D eigenvalue weighted by molar-refractivity contribution is 6.30. The van der Waals surface area contributed by atoms with E-state index in [-0.39, 0.29) is 29.5 Å². The first-order valence-corrected chi connectivity index (χ1v) is 15.8. The fraction of sp³-hybridized carbons (Fsp3) is 0.500. The number of nitrogens with one attached hydrogen (secondary N) is 1. The number of fused-ring (bicyclic) bond motifs is 3. The number of hydrogen-bond acceptors (Lipinski definition) is 7. The van der Waals surface area contributed by atoms with Crippen LogP contribution in [0.25, 0.3) is 0 Å². The van der Waals surface area contributed by atoms with Gasteiger partial charge in [-0.25, -0.2) is 4.79 Å². The molecule has 2 aromatic rings. The molecular formula is C34H42ClN3O5. The number of ether oxygens (including phenoxy) is 3. The summed E-state index contributed by atoms with van der Waals surface area (Å²) in [5.41, 5.74) is 3.04. The summed E-state index contributed by atoms with van der Waals surface area (Å²) in [5.74, 6) is 1.58. The number of β-amino-alcohol motifs (C(OH)–C–C–N with tert-alkyl or cyclic N) is 1. The van der Waals surface area contributed by atoms with E-state index in [0.29, 0.717) is 38.3 Å². The van der Waals surface area contributed by atoms with E-state index >= 15 is 0 Å². The standard InChI is InChI=1S/C34H42ClN3O5/c1-23-3-6-27(7-4-23)43-33(40)38-15-11-28-29-21-24(35)5-8-30(29)36-31(28)32(38)34(2)13-9-26(10-14-34)42-18-12-25(39)22-37-16-19-41-20-17-37/h3-10,13,21,25,28,31-32,36,39H,11-12,14-20,22H2,1-2H3/t25?,28?,31?,32-,34?/m1/s1. The molecule has 2 fully saturated rings. The number of halogens is 1. The summed E-state index contributed by atoms with van der Waals surface area (Å²) in [6, 6.07) is 13.4. The molecule has 0 radical (unpaired) electrons. The zero-order chi connectivity index (χ0) is 30.0. The molecule has 8 nitrogen and oxygen atoms in total. The van der Waals surface area contributed by atoms with Crippen molar-refractivity contribution in [3.8, 4) is 5.75 Å². The molecule has 3 heterocycles. The fourth-order valence-electron chi connectivity index (χ4n) is 6.97. The summed E-state index contributed by atoms with van der Waals surface area (Å²) < 4.78 is 17.4. The van der Waals surface area contributed by atoms with Gasteiger partial charge in [-0.2, -0.15) is 0 Å². The number of carbonyl (C=O) groups is 1. The van der Waals surface area contributed by atoms with Crippen LogP contribution in [0.15, 0.2) is 66.5 Å². The Labute approximate surface area is 259 Å². The van der Waals surface area contributed by atoms with Crippen LogP contribution in [-0.4, -0.2) is 85.2 Å². The number of benzene rings is 2. The van der Waals surface area contributed by atoms with Crippen molar-refractivity contribution in [1.82, 2.24) is 9.80 Å².